The van der Waals surface area contributed by atoms with Crippen LogP contribution in [0.2, 0.25) is 13.3 Å². The summed E-state index contributed by atoms with van der Waals surface area (Å²) in [7, 11) is 0. The van der Waals surface area contributed by atoms with Gasteiger partial charge in [0.1, 0.15) is 0 Å². The quantitative estimate of drug-likeness (QED) is 0.138. The number of nitrogens with zero attached hydrogens (tertiary/aromatic N) is 1. The molecule has 1 saturated heterocycles. The van der Waals surface area contributed by atoms with Crippen molar-refractivity contribution in [1.29, 1.82) is 0 Å². The summed E-state index contributed by atoms with van der Waals surface area (Å²) in [4.78, 5) is 2.22. The first-order chi connectivity index (χ1) is 12.1. The first-order valence-corrected chi connectivity index (χ1v) is 19.3. The Morgan fingerprint density at radius 1 is 1.00 bits per heavy atom. The number of halogens is 1. The fourth-order valence-corrected chi connectivity index (χ4v) is 24.0. The van der Waals surface area contributed by atoms with Gasteiger partial charge in [0.15, 0.2) is 0 Å². The van der Waals surface area contributed by atoms with E-state index in [0.717, 1.165) is 18.3 Å². The molecule has 0 bridgehead atoms. The molecule has 0 aromatic rings. The summed E-state index contributed by atoms with van der Waals surface area (Å²) < 4.78 is 12.2. The molecule has 1 aliphatic rings. The summed E-state index contributed by atoms with van der Waals surface area (Å²) in [5.74, 6) is 0. The van der Waals surface area contributed by atoms with E-state index in [0.29, 0.717) is 6.61 Å². The number of thiocarbonyl (C=S) groups is 1. The van der Waals surface area contributed by atoms with Crippen molar-refractivity contribution in [3.63, 3.8) is 0 Å². The molecule has 0 atom stereocenters. The third-order valence-electron chi connectivity index (χ3n) is 5.37. The average Bonchev–Trinajstić information content (AvgIpc) is 3.16. The van der Waals surface area contributed by atoms with Crippen LogP contribution >= 0.6 is 34.8 Å². The number of unbranched alkanes of at least 4 members (excludes halogenated alkanes) is 3. The number of ether oxygens (including phenoxy) is 1. The van der Waals surface area contributed by atoms with Gasteiger partial charge in [-0.2, -0.15) is 0 Å². The maximum absolute atomic E-state index is 5.91. The van der Waals surface area contributed by atoms with Crippen LogP contribution in [0.4, 0.5) is 0 Å². The number of hydrogen-bond acceptors (Lipinski definition) is 2. The van der Waals surface area contributed by atoms with Crippen LogP contribution in [0.25, 0.3) is 0 Å². The predicted molar refractivity (Wildman–Crippen MR) is 126 cm³/mol. The number of hydrogen-bond donors (Lipinski definition) is 0. The van der Waals surface area contributed by atoms with Crippen molar-refractivity contribution in [2.24, 2.45) is 0 Å². The van der Waals surface area contributed by atoms with Crippen molar-refractivity contribution in [3.05, 3.63) is 7.67 Å². The summed E-state index contributed by atoms with van der Waals surface area (Å²) in [6.45, 7) is 9.84. The molecule has 25 heavy (non-hydrogen) atoms. The molecule has 1 aliphatic heterocycles. The number of rotatable bonds is 12. The Balaban J connectivity index is 2.71. The van der Waals surface area contributed by atoms with E-state index >= 15 is 0 Å². The van der Waals surface area contributed by atoms with Crippen molar-refractivity contribution in [2.45, 2.75) is 85.4 Å². The van der Waals surface area contributed by atoms with Crippen LogP contribution in [0.15, 0.2) is 7.67 Å². The molecule has 1 heterocycles. The molecule has 1 fully saturated rings. The summed E-state index contributed by atoms with van der Waals surface area (Å²) in [5.41, 5.74) is 0. The molecule has 1 rings (SSSR count). The molecular formula is C20H38INOSSn. The Hall–Kier alpha value is 0.959. The van der Waals surface area contributed by atoms with E-state index in [-0.39, 0.29) is 0 Å². The van der Waals surface area contributed by atoms with Crippen LogP contribution in [-0.2, 0) is 4.74 Å². The zero-order chi connectivity index (χ0) is 18.5. The SMILES string of the molecule is CCC[CH2][Sn]([CH2]CCC)([CH2]CCC)/[C](I)=C/COC(=S)N1CCCC1. The first kappa shape index (κ1) is 24.0. The minimum atomic E-state index is -2.23. The molecule has 0 aromatic heterocycles. The molecule has 0 amide bonds. The average molecular weight is 586 g/mol. The van der Waals surface area contributed by atoms with Gasteiger partial charge in [0.2, 0.25) is 0 Å². The van der Waals surface area contributed by atoms with E-state index in [1.165, 1.54) is 64.7 Å². The van der Waals surface area contributed by atoms with Crippen molar-refractivity contribution < 1.29 is 4.74 Å². The van der Waals surface area contributed by atoms with Crippen LogP contribution in [-0.4, -0.2) is 48.1 Å². The van der Waals surface area contributed by atoms with Gasteiger partial charge in [0.05, 0.1) is 0 Å². The predicted octanol–water partition coefficient (Wildman–Crippen LogP) is 7.09. The zero-order valence-electron chi connectivity index (χ0n) is 16.6. The van der Waals surface area contributed by atoms with Gasteiger partial charge in [-0.05, 0) is 0 Å². The Morgan fingerprint density at radius 2 is 1.48 bits per heavy atom. The minimum absolute atomic E-state index is 0.677. The van der Waals surface area contributed by atoms with E-state index in [4.69, 9.17) is 17.0 Å². The fourth-order valence-electron chi connectivity index (χ4n) is 3.67. The van der Waals surface area contributed by atoms with E-state index in [2.05, 4.69) is 54.3 Å². The van der Waals surface area contributed by atoms with E-state index in [1.54, 1.807) is 1.60 Å². The molecule has 146 valence electrons. The Morgan fingerprint density at radius 3 is 1.92 bits per heavy atom. The van der Waals surface area contributed by atoms with Crippen molar-refractivity contribution in [1.82, 2.24) is 4.90 Å². The summed E-state index contributed by atoms with van der Waals surface area (Å²) in [6.07, 6.45) is 13.1. The van der Waals surface area contributed by atoms with Crippen LogP contribution in [0.1, 0.15) is 72.1 Å². The van der Waals surface area contributed by atoms with Gasteiger partial charge < -0.3 is 0 Å². The van der Waals surface area contributed by atoms with Crippen LogP contribution < -0.4 is 0 Å². The van der Waals surface area contributed by atoms with Crippen molar-refractivity contribution in [2.75, 3.05) is 19.7 Å². The third kappa shape index (κ3) is 8.67. The van der Waals surface area contributed by atoms with E-state index in [9.17, 15) is 0 Å². The molecule has 0 aliphatic carbocycles. The summed E-state index contributed by atoms with van der Waals surface area (Å²) in [6, 6.07) is 0. The Kier molecular flexibility index (Phi) is 13.5. The molecule has 2 nitrogen and oxygen atoms in total. The second-order valence-electron chi connectivity index (χ2n) is 7.41. The van der Waals surface area contributed by atoms with Gasteiger partial charge >= 0.3 is 181 Å². The molecule has 0 unspecified atom stereocenters. The first-order valence-electron chi connectivity index (χ1n) is 10.4. The molecule has 5 heteroatoms. The molecule has 0 saturated carbocycles. The molecule has 0 N–H and O–H groups in total. The number of likely N-dealkylation sites (tertiary alicyclic amines) is 1. The van der Waals surface area contributed by atoms with Gasteiger partial charge in [0, 0.05) is 0 Å². The normalized spacial score (nSPS) is 15.7. The maximum atomic E-state index is 5.91. The van der Waals surface area contributed by atoms with Gasteiger partial charge in [0.25, 0.3) is 0 Å². The second kappa shape index (κ2) is 14.0. The third-order valence-corrected chi connectivity index (χ3v) is 28.6. The molecule has 0 spiro atoms. The van der Waals surface area contributed by atoms with Gasteiger partial charge in [-0.25, -0.2) is 0 Å². The van der Waals surface area contributed by atoms with Gasteiger partial charge in [-0.15, -0.1) is 0 Å². The van der Waals surface area contributed by atoms with E-state index in [1.807, 2.05) is 0 Å². The van der Waals surface area contributed by atoms with E-state index < -0.39 is 18.4 Å². The van der Waals surface area contributed by atoms with Crippen LogP contribution in [0.3, 0.4) is 0 Å². The zero-order valence-corrected chi connectivity index (χ0v) is 22.4. The van der Waals surface area contributed by atoms with Crippen molar-refractivity contribution in [3.8, 4) is 0 Å². The van der Waals surface area contributed by atoms with Crippen LogP contribution in [0.5, 0.6) is 0 Å². The molecule has 0 aromatic carbocycles. The van der Waals surface area contributed by atoms with Gasteiger partial charge in [-0.1, -0.05) is 0 Å². The Labute approximate surface area is 179 Å². The fraction of sp³-hybridized carbons (Fsp3) is 0.850. The Bertz CT molecular complexity index is 389. The van der Waals surface area contributed by atoms with Crippen molar-refractivity contribution >= 4 is 58.4 Å². The monoisotopic (exact) mass is 587 g/mol. The van der Waals surface area contributed by atoms with Crippen LogP contribution in [0, 0.1) is 0 Å². The standard InChI is InChI=1S/C8H11INOS.3C4H9.Sn/c9-4-3-7-11-8(12)10-5-1-2-6-10;3*1-3-4-2;/h3H,1-2,5-7H2;3*1,3-4H2,2H3;. The van der Waals surface area contributed by atoms with Gasteiger partial charge in [-0.3, -0.25) is 0 Å². The summed E-state index contributed by atoms with van der Waals surface area (Å²) in [5, 5.41) is 0.717. The molecule has 0 radical (unpaired) electrons. The molecular weight excluding hydrogens is 548 g/mol. The second-order valence-corrected chi connectivity index (χ2v) is 25.0. The topological polar surface area (TPSA) is 12.5 Å². The summed E-state index contributed by atoms with van der Waals surface area (Å²) >= 11 is 5.91.